The number of hydrogen-bond acceptors (Lipinski definition) is 2. The Kier molecular flexibility index (Phi) is 4.92. The van der Waals surface area contributed by atoms with Crippen molar-refractivity contribution < 1.29 is 14.3 Å². The minimum atomic E-state index is -1.08. The highest BCUT2D eigenvalue weighted by atomic mass is 35.5. The molecule has 0 saturated heterocycles. The highest BCUT2D eigenvalue weighted by molar-refractivity contribution is 7.80. The number of nitrogens with one attached hydrogen (secondary N) is 1. The maximum Gasteiger partial charge on any atom is 0.337 e. The molecule has 130 valence electrons. The molecule has 1 unspecified atom stereocenters. The van der Waals surface area contributed by atoms with E-state index in [1.165, 1.54) is 24.3 Å². The van der Waals surface area contributed by atoms with Gasteiger partial charge in [-0.15, -0.1) is 0 Å². The van der Waals surface area contributed by atoms with Gasteiger partial charge in [-0.3, -0.25) is 0 Å². The topological polar surface area (TPSA) is 52.6 Å². The molecule has 0 spiro atoms. The van der Waals surface area contributed by atoms with E-state index in [-0.39, 0.29) is 22.4 Å². The minimum Gasteiger partial charge on any atom is -0.478 e. The van der Waals surface area contributed by atoms with Crippen LogP contribution in [0.25, 0.3) is 0 Å². The number of carboxylic acids is 1. The Labute approximate surface area is 155 Å². The van der Waals surface area contributed by atoms with Gasteiger partial charge in [-0.1, -0.05) is 11.6 Å². The molecule has 1 aliphatic rings. The number of rotatable bonds is 2. The third-order valence-electron chi connectivity index (χ3n) is 4.24. The fourth-order valence-electron chi connectivity index (χ4n) is 2.98. The van der Waals surface area contributed by atoms with E-state index in [1.807, 2.05) is 4.90 Å². The maximum atomic E-state index is 13.5. The van der Waals surface area contributed by atoms with Crippen LogP contribution in [0.2, 0.25) is 5.02 Å². The molecule has 2 N–H and O–H groups in total. The van der Waals surface area contributed by atoms with E-state index < -0.39 is 5.97 Å². The summed E-state index contributed by atoms with van der Waals surface area (Å²) in [6.45, 7) is 2.06. The van der Waals surface area contributed by atoms with Gasteiger partial charge in [0.1, 0.15) is 5.82 Å². The molecule has 25 heavy (non-hydrogen) atoms. The van der Waals surface area contributed by atoms with Crippen LogP contribution < -0.4 is 10.2 Å². The average Bonchev–Trinajstić information content (AvgIpc) is 2.54. The van der Waals surface area contributed by atoms with E-state index in [1.54, 1.807) is 12.1 Å². The van der Waals surface area contributed by atoms with Gasteiger partial charge in [0.2, 0.25) is 0 Å². The molecule has 4 nitrogen and oxygen atoms in total. The smallest absolute Gasteiger partial charge is 0.337 e. The first-order valence-electron chi connectivity index (χ1n) is 7.78. The summed E-state index contributed by atoms with van der Waals surface area (Å²) in [5.74, 6) is -1.34. The molecular formula is C18H16ClFN2O2S. The van der Waals surface area contributed by atoms with Crippen LogP contribution in [-0.4, -0.2) is 22.2 Å². The lowest BCUT2D eigenvalue weighted by Gasteiger charge is -2.37. The van der Waals surface area contributed by atoms with Crippen LogP contribution in [0.1, 0.15) is 29.3 Å². The SMILES string of the molecule is CC1CCc2cc(F)ccc2N1C(=S)Nc1ccc(C(=O)O)c(Cl)c1. The zero-order valence-electron chi connectivity index (χ0n) is 13.4. The van der Waals surface area contributed by atoms with Crippen molar-refractivity contribution in [2.45, 2.75) is 25.8 Å². The van der Waals surface area contributed by atoms with Crippen molar-refractivity contribution in [3.05, 3.63) is 58.4 Å². The van der Waals surface area contributed by atoms with Crippen LogP contribution >= 0.6 is 23.8 Å². The Bertz CT molecular complexity index is 859. The van der Waals surface area contributed by atoms with Gasteiger partial charge in [0.15, 0.2) is 5.11 Å². The van der Waals surface area contributed by atoms with E-state index in [2.05, 4.69) is 12.2 Å². The molecule has 0 aromatic heterocycles. The lowest BCUT2D eigenvalue weighted by atomic mass is 9.97. The van der Waals surface area contributed by atoms with Gasteiger partial charge in [0.05, 0.1) is 10.6 Å². The van der Waals surface area contributed by atoms with Crippen LogP contribution in [0.3, 0.4) is 0 Å². The van der Waals surface area contributed by atoms with Crippen molar-refractivity contribution in [1.29, 1.82) is 0 Å². The first-order valence-corrected chi connectivity index (χ1v) is 8.57. The standard InChI is InChI=1S/C18H16ClFN2O2S/c1-10-2-3-11-8-12(20)4-7-16(11)22(10)18(25)21-13-5-6-14(17(23)24)15(19)9-13/h4-10H,2-3H2,1H3,(H,21,25)(H,23,24). The summed E-state index contributed by atoms with van der Waals surface area (Å²) in [6, 6.07) is 9.42. The summed E-state index contributed by atoms with van der Waals surface area (Å²) in [6.07, 6.45) is 1.66. The summed E-state index contributed by atoms with van der Waals surface area (Å²) < 4.78 is 13.5. The lowest BCUT2D eigenvalue weighted by Crippen LogP contribution is -2.44. The number of fused-ring (bicyclic) bond motifs is 1. The molecule has 0 aliphatic carbocycles. The molecule has 0 radical (unpaired) electrons. The predicted molar refractivity (Wildman–Crippen MR) is 101 cm³/mol. The van der Waals surface area contributed by atoms with Gasteiger partial charge in [0.25, 0.3) is 0 Å². The first kappa shape index (κ1) is 17.6. The Morgan fingerprint density at radius 1 is 1.36 bits per heavy atom. The Balaban J connectivity index is 1.86. The molecule has 0 amide bonds. The highest BCUT2D eigenvalue weighted by Crippen LogP contribution is 2.32. The second-order valence-electron chi connectivity index (χ2n) is 5.96. The molecule has 0 fully saturated rings. The van der Waals surface area contributed by atoms with Gasteiger partial charge in [-0.25, -0.2) is 9.18 Å². The molecule has 1 heterocycles. The number of carboxylic acid groups (broad SMARTS) is 1. The van der Waals surface area contributed by atoms with E-state index in [9.17, 15) is 9.18 Å². The second kappa shape index (κ2) is 6.98. The van der Waals surface area contributed by atoms with Crippen LogP contribution in [0, 0.1) is 5.82 Å². The second-order valence-corrected chi connectivity index (χ2v) is 6.75. The minimum absolute atomic E-state index is 0.0327. The molecule has 3 rings (SSSR count). The largest absolute Gasteiger partial charge is 0.478 e. The number of halogens is 2. The fraction of sp³-hybridized carbons (Fsp3) is 0.222. The lowest BCUT2D eigenvalue weighted by molar-refractivity contribution is 0.0697. The molecule has 0 bridgehead atoms. The van der Waals surface area contributed by atoms with E-state index >= 15 is 0 Å². The number of carbonyl (C=O) groups is 1. The van der Waals surface area contributed by atoms with Gasteiger partial charge in [-0.05, 0) is 73.9 Å². The summed E-state index contributed by atoms with van der Waals surface area (Å²) in [5.41, 5.74) is 2.43. The average molecular weight is 379 g/mol. The number of anilines is 2. The van der Waals surface area contributed by atoms with Crippen molar-refractivity contribution in [3.63, 3.8) is 0 Å². The number of benzene rings is 2. The highest BCUT2D eigenvalue weighted by Gasteiger charge is 2.26. The van der Waals surface area contributed by atoms with Crippen molar-refractivity contribution in [2.75, 3.05) is 10.2 Å². The number of thiocarbonyl (C=S) groups is 1. The number of aromatic carboxylic acids is 1. The molecule has 2 aromatic rings. The third kappa shape index (κ3) is 3.60. The molecule has 1 atom stereocenters. The van der Waals surface area contributed by atoms with Gasteiger partial charge < -0.3 is 15.3 Å². The van der Waals surface area contributed by atoms with Crippen molar-refractivity contribution in [2.24, 2.45) is 0 Å². The Morgan fingerprint density at radius 2 is 2.12 bits per heavy atom. The molecular weight excluding hydrogens is 363 g/mol. The van der Waals surface area contributed by atoms with Crippen LogP contribution in [0.5, 0.6) is 0 Å². The van der Waals surface area contributed by atoms with Crippen molar-refractivity contribution in [3.8, 4) is 0 Å². The zero-order chi connectivity index (χ0) is 18.1. The van der Waals surface area contributed by atoms with Crippen molar-refractivity contribution in [1.82, 2.24) is 0 Å². The molecule has 1 aliphatic heterocycles. The van der Waals surface area contributed by atoms with Crippen LogP contribution in [0.15, 0.2) is 36.4 Å². The van der Waals surface area contributed by atoms with Gasteiger partial charge in [-0.2, -0.15) is 0 Å². The maximum absolute atomic E-state index is 13.5. The number of nitrogens with zero attached hydrogens (tertiary/aromatic N) is 1. The van der Waals surface area contributed by atoms with Crippen molar-refractivity contribution >= 4 is 46.3 Å². The first-order chi connectivity index (χ1) is 11.9. The normalized spacial score (nSPS) is 16.3. The summed E-state index contributed by atoms with van der Waals surface area (Å²) in [4.78, 5) is 13.0. The van der Waals surface area contributed by atoms with Crippen LogP contribution in [0.4, 0.5) is 15.8 Å². The summed E-state index contributed by atoms with van der Waals surface area (Å²) in [5, 5.41) is 12.7. The monoisotopic (exact) mass is 378 g/mol. The van der Waals surface area contributed by atoms with Gasteiger partial charge in [0, 0.05) is 17.4 Å². The van der Waals surface area contributed by atoms with Crippen LogP contribution in [-0.2, 0) is 6.42 Å². The zero-order valence-corrected chi connectivity index (χ0v) is 15.0. The number of aryl methyl sites for hydroxylation is 1. The summed E-state index contributed by atoms with van der Waals surface area (Å²) >= 11 is 11.5. The molecule has 0 saturated carbocycles. The summed E-state index contributed by atoms with van der Waals surface area (Å²) in [7, 11) is 0. The predicted octanol–water partition coefficient (Wildman–Crippen LogP) is 4.72. The number of hydrogen-bond donors (Lipinski definition) is 2. The molecule has 7 heteroatoms. The third-order valence-corrected chi connectivity index (χ3v) is 4.85. The Morgan fingerprint density at radius 3 is 2.80 bits per heavy atom. The van der Waals surface area contributed by atoms with E-state index in [0.29, 0.717) is 10.8 Å². The van der Waals surface area contributed by atoms with E-state index in [4.69, 9.17) is 28.9 Å². The quantitative estimate of drug-likeness (QED) is 0.741. The molecule has 2 aromatic carbocycles. The van der Waals surface area contributed by atoms with Gasteiger partial charge >= 0.3 is 5.97 Å². The fourth-order valence-corrected chi connectivity index (χ4v) is 3.64. The van der Waals surface area contributed by atoms with E-state index in [0.717, 1.165) is 24.1 Å². The Hall–Kier alpha value is -2.18.